The van der Waals surface area contributed by atoms with Crippen LogP contribution in [0.4, 0.5) is 5.69 Å². The van der Waals surface area contributed by atoms with Crippen molar-refractivity contribution in [2.45, 2.75) is 6.04 Å². The third-order valence-electron chi connectivity index (χ3n) is 3.52. The predicted molar refractivity (Wildman–Crippen MR) is 81.6 cm³/mol. The Morgan fingerprint density at radius 2 is 2.14 bits per heavy atom. The number of carboxylic acids is 1. The van der Waals surface area contributed by atoms with Gasteiger partial charge in [-0.05, 0) is 12.1 Å². The smallest absolute Gasteiger partial charge is 0.329 e. The molecule has 2 aliphatic heterocycles. The van der Waals surface area contributed by atoms with E-state index in [0.717, 1.165) is 18.8 Å². The Morgan fingerprint density at radius 3 is 2.76 bits per heavy atom. The highest BCUT2D eigenvalue weighted by molar-refractivity contribution is 8.14. The molecule has 1 fully saturated rings. The molecule has 2 aliphatic rings. The third kappa shape index (κ3) is 2.98. The van der Waals surface area contributed by atoms with Crippen LogP contribution in [-0.2, 0) is 9.53 Å². The number of phenols is 1. The van der Waals surface area contributed by atoms with Crippen LogP contribution in [0.1, 0.15) is 5.56 Å². The number of aromatic hydroxyl groups is 1. The van der Waals surface area contributed by atoms with Gasteiger partial charge in [-0.1, -0.05) is 0 Å². The topological polar surface area (TPSA) is 82.4 Å². The molecule has 0 spiro atoms. The predicted octanol–water partition coefficient (Wildman–Crippen LogP) is 1.18. The first-order chi connectivity index (χ1) is 10.1. The zero-order chi connectivity index (χ0) is 14.8. The minimum Gasteiger partial charge on any atom is -0.507 e. The van der Waals surface area contributed by atoms with Crippen molar-refractivity contribution in [3.8, 4) is 5.75 Å². The van der Waals surface area contributed by atoms with Gasteiger partial charge in [0, 0.05) is 36.2 Å². The summed E-state index contributed by atoms with van der Waals surface area (Å²) in [7, 11) is 0. The molecule has 1 aromatic rings. The maximum absolute atomic E-state index is 10.9. The van der Waals surface area contributed by atoms with E-state index in [1.54, 1.807) is 12.1 Å². The van der Waals surface area contributed by atoms with Gasteiger partial charge in [-0.3, -0.25) is 4.99 Å². The van der Waals surface area contributed by atoms with Crippen molar-refractivity contribution in [1.29, 1.82) is 0 Å². The van der Waals surface area contributed by atoms with E-state index in [-0.39, 0.29) is 5.75 Å². The molecule has 0 bridgehead atoms. The number of ether oxygens (including phenoxy) is 1. The molecule has 112 valence electrons. The van der Waals surface area contributed by atoms with Crippen LogP contribution in [-0.4, -0.2) is 59.3 Å². The average Bonchev–Trinajstić information content (AvgIpc) is 2.98. The molecular formula is C14H16N2O4S. The average molecular weight is 308 g/mol. The van der Waals surface area contributed by atoms with Crippen molar-refractivity contribution in [2.24, 2.45) is 4.99 Å². The summed E-state index contributed by atoms with van der Waals surface area (Å²) in [4.78, 5) is 17.2. The zero-order valence-corrected chi connectivity index (χ0v) is 12.2. The highest BCUT2D eigenvalue weighted by Crippen LogP contribution is 2.32. The second-order valence-electron chi connectivity index (χ2n) is 4.90. The van der Waals surface area contributed by atoms with Crippen molar-refractivity contribution >= 4 is 28.5 Å². The van der Waals surface area contributed by atoms with Gasteiger partial charge >= 0.3 is 5.97 Å². The number of carboxylic acid groups (broad SMARTS) is 1. The van der Waals surface area contributed by atoms with Gasteiger partial charge in [0.15, 0.2) is 6.04 Å². The molecule has 1 aromatic carbocycles. The summed E-state index contributed by atoms with van der Waals surface area (Å²) in [6.07, 6.45) is 0. The number of aliphatic carboxylic acids is 1. The van der Waals surface area contributed by atoms with Gasteiger partial charge in [0.25, 0.3) is 0 Å². The Balaban J connectivity index is 1.81. The van der Waals surface area contributed by atoms with Gasteiger partial charge in [0.2, 0.25) is 0 Å². The second kappa shape index (κ2) is 5.95. The third-order valence-corrected chi connectivity index (χ3v) is 4.61. The number of nitrogens with zero attached hydrogens (tertiary/aromatic N) is 2. The van der Waals surface area contributed by atoms with E-state index in [9.17, 15) is 9.90 Å². The molecule has 1 saturated heterocycles. The van der Waals surface area contributed by atoms with E-state index in [0.29, 0.717) is 29.6 Å². The summed E-state index contributed by atoms with van der Waals surface area (Å²) in [6.45, 7) is 2.97. The van der Waals surface area contributed by atoms with Gasteiger partial charge in [-0.2, -0.15) is 0 Å². The number of carbonyl (C=O) groups is 1. The first kappa shape index (κ1) is 14.2. The number of morpholine rings is 1. The number of hydrogen-bond acceptors (Lipinski definition) is 6. The summed E-state index contributed by atoms with van der Waals surface area (Å²) in [6, 6.07) is 4.72. The second-order valence-corrected chi connectivity index (χ2v) is 5.91. The number of anilines is 1. The van der Waals surface area contributed by atoms with E-state index in [1.807, 2.05) is 6.07 Å². The van der Waals surface area contributed by atoms with Gasteiger partial charge < -0.3 is 19.8 Å². The molecule has 2 N–H and O–H groups in total. The van der Waals surface area contributed by atoms with Crippen LogP contribution in [0.25, 0.3) is 0 Å². The lowest BCUT2D eigenvalue weighted by molar-refractivity contribution is -0.137. The standard InChI is InChI=1S/C14H16N2O4S/c17-12-7-9(16-3-5-20-6-4-16)1-2-10(12)13-15-11(8-21-13)14(18)19/h1-2,7,11,17H,3-6,8H2,(H,18,19)/t11-/m1/s1. The fourth-order valence-corrected chi connectivity index (χ4v) is 3.43. The quantitative estimate of drug-likeness (QED) is 0.872. The van der Waals surface area contributed by atoms with Gasteiger partial charge in [-0.15, -0.1) is 11.8 Å². The molecule has 2 heterocycles. The van der Waals surface area contributed by atoms with Gasteiger partial charge in [0.1, 0.15) is 10.8 Å². The molecule has 0 aromatic heterocycles. The van der Waals surface area contributed by atoms with Crippen molar-refractivity contribution in [3.63, 3.8) is 0 Å². The first-order valence-corrected chi connectivity index (χ1v) is 7.73. The fraction of sp³-hybridized carbons (Fsp3) is 0.429. The Labute approximate surface area is 126 Å². The summed E-state index contributed by atoms with van der Waals surface area (Å²) in [5.41, 5.74) is 1.54. The highest BCUT2D eigenvalue weighted by Gasteiger charge is 2.26. The maximum Gasteiger partial charge on any atom is 0.329 e. The molecule has 0 amide bonds. The molecule has 3 rings (SSSR count). The molecule has 21 heavy (non-hydrogen) atoms. The van der Waals surface area contributed by atoms with Crippen LogP contribution in [0, 0.1) is 0 Å². The summed E-state index contributed by atoms with van der Waals surface area (Å²) < 4.78 is 5.31. The Kier molecular flexibility index (Phi) is 4.03. The van der Waals surface area contributed by atoms with Crippen LogP contribution in [0.2, 0.25) is 0 Å². The molecule has 0 radical (unpaired) electrons. The van der Waals surface area contributed by atoms with Crippen LogP contribution < -0.4 is 4.90 Å². The van der Waals surface area contributed by atoms with Crippen molar-refractivity contribution in [3.05, 3.63) is 23.8 Å². The van der Waals surface area contributed by atoms with E-state index in [4.69, 9.17) is 9.84 Å². The number of thioether (sulfide) groups is 1. The molecule has 0 aliphatic carbocycles. The summed E-state index contributed by atoms with van der Waals surface area (Å²) >= 11 is 1.36. The zero-order valence-electron chi connectivity index (χ0n) is 11.4. The first-order valence-electron chi connectivity index (χ1n) is 6.74. The Hall–Kier alpha value is -1.73. The molecule has 0 unspecified atom stereocenters. The van der Waals surface area contributed by atoms with Crippen molar-refractivity contribution in [1.82, 2.24) is 0 Å². The summed E-state index contributed by atoms with van der Waals surface area (Å²) in [5, 5.41) is 19.8. The minimum absolute atomic E-state index is 0.135. The van der Waals surface area contributed by atoms with E-state index in [1.165, 1.54) is 11.8 Å². The lowest BCUT2D eigenvalue weighted by atomic mass is 10.1. The Morgan fingerprint density at radius 1 is 1.38 bits per heavy atom. The number of hydrogen-bond donors (Lipinski definition) is 2. The van der Waals surface area contributed by atoms with E-state index >= 15 is 0 Å². The number of phenolic OH excluding ortho intramolecular Hbond substituents is 1. The monoisotopic (exact) mass is 308 g/mol. The number of aliphatic imine (C=N–C) groups is 1. The largest absolute Gasteiger partial charge is 0.507 e. The number of benzene rings is 1. The van der Waals surface area contributed by atoms with E-state index in [2.05, 4.69) is 9.89 Å². The molecule has 1 atom stereocenters. The highest BCUT2D eigenvalue weighted by atomic mass is 32.2. The molecule has 7 heteroatoms. The fourth-order valence-electron chi connectivity index (χ4n) is 2.37. The minimum atomic E-state index is -0.929. The number of rotatable bonds is 3. The Bertz CT molecular complexity index is 584. The van der Waals surface area contributed by atoms with Crippen molar-refractivity contribution in [2.75, 3.05) is 37.0 Å². The lowest BCUT2D eigenvalue weighted by Gasteiger charge is -2.29. The van der Waals surface area contributed by atoms with Crippen LogP contribution >= 0.6 is 11.8 Å². The molecule has 6 nitrogen and oxygen atoms in total. The normalized spacial score (nSPS) is 22.2. The maximum atomic E-state index is 10.9. The summed E-state index contributed by atoms with van der Waals surface area (Å²) in [5.74, 6) is -0.381. The lowest BCUT2D eigenvalue weighted by Crippen LogP contribution is -2.36. The van der Waals surface area contributed by atoms with Gasteiger partial charge in [-0.25, -0.2) is 4.79 Å². The SMILES string of the molecule is O=C(O)[C@H]1CSC(c2ccc(N3CCOCC3)cc2O)=N1. The molecular weight excluding hydrogens is 292 g/mol. The van der Waals surface area contributed by atoms with Gasteiger partial charge in [0.05, 0.1) is 13.2 Å². The van der Waals surface area contributed by atoms with Crippen LogP contribution in [0.15, 0.2) is 23.2 Å². The van der Waals surface area contributed by atoms with E-state index < -0.39 is 12.0 Å². The molecule has 0 saturated carbocycles. The van der Waals surface area contributed by atoms with Crippen LogP contribution in [0.3, 0.4) is 0 Å². The van der Waals surface area contributed by atoms with Crippen molar-refractivity contribution < 1.29 is 19.7 Å². The van der Waals surface area contributed by atoms with Crippen LogP contribution in [0.5, 0.6) is 5.75 Å².